The molecule has 1 atom stereocenters. The number of aliphatic carboxylic acids is 1. The molecule has 0 heterocycles. The first kappa shape index (κ1) is 16.8. The molecule has 1 rings (SSSR count). The van der Waals surface area contributed by atoms with Gasteiger partial charge in [0, 0.05) is 19.1 Å². The van der Waals surface area contributed by atoms with Crippen molar-refractivity contribution in [3.8, 4) is 0 Å². The fourth-order valence-corrected chi connectivity index (χ4v) is 2.92. The Morgan fingerprint density at radius 2 is 1.85 bits per heavy atom. The third kappa shape index (κ3) is 3.87. The number of carboxylic acid groups (broad SMARTS) is 1. The van der Waals surface area contributed by atoms with Crippen LogP contribution in [0.3, 0.4) is 0 Å². The van der Waals surface area contributed by atoms with Crippen LogP contribution < -0.4 is 5.32 Å². The van der Waals surface area contributed by atoms with Gasteiger partial charge in [0.25, 0.3) is 0 Å². The van der Waals surface area contributed by atoms with Gasteiger partial charge in [-0.25, -0.2) is 4.79 Å². The zero-order chi connectivity index (χ0) is 15.2. The lowest BCUT2D eigenvalue weighted by Crippen LogP contribution is -2.50. The highest BCUT2D eigenvalue weighted by atomic mass is 16.4. The molecule has 1 saturated carbocycles. The Bertz CT molecular complexity index is 338. The third-order valence-corrected chi connectivity index (χ3v) is 4.57. The second kappa shape index (κ2) is 7.50. The zero-order valence-electron chi connectivity index (χ0n) is 12.9. The van der Waals surface area contributed by atoms with Gasteiger partial charge in [0.1, 0.15) is 0 Å². The molecule has 0 bridgehead atoms. The number of hydrogen-bond donors (Lipinski definition) is 2. The van der Waals surface area contributed by atoms with Crippen molar-refractivity contribution in [1.29, 1.82) is 0 Å². The first-order valence-electron chi connectivity index (χ1n) is 7.74. The van der Waals surface area contributed by atoms with Gasteiger partial charge in [-0.05, 0) is 33.1 Å². The van der Waals surface area contributed by atoms with E-state index in [2.05, 4.69) is 5.32 Å². The largest absolute Gasteiger partial charge is 0.481 e. The monoisotopic (exact) mass is 284 g/mol. The summed E-state index contributed by atoms with van der Waals surface area (Å²) in [5.41, 5.74) is -0.761. The maximum Gasteiger partial charge on any atom is 0.317 e. The van der Waals surface area contributed by atoms with Gasteiger partial charge in [0.15, 0.2) is 0 Å². The molecule has 5 heteroatoms. The average molecular weight is 284 g/mol. The van der Waals surface area contributed by atoms with Gasteiger partial charge in [0.2, 0.25) is 0 Å². The fourth-order valence-electron chi connectivity index (χ4n) is 2.92. The van der Waals surface area contributed by atoms with Crippen LogP contribution in [-0.4, -0.2) is 41.1 Å². The number of rotatable bonds is 6. The number of nitrogens with zero attached hydrogens (tertiary/aromatic N) is 1. The topological polar surface area (TPSA) is 69.6 Å². The molecule has 1 aliphatic rings. The van der Waals surface area contributed by atoms with Crippen LogP contribution >= 0.6 is 0 Å². The summed E-state index contributed by atoms with van der Waals surface area (Å²) in [6.45, 7) is 6.88. The Balaban J connectivity index is 2.63. The molecule has 0 saturated heterocycles. The van der Waals surface area contributed by atoms with Crippen molar-refractivity contribution < 1.29 is 14.7 Å². The molecular weight excluding hydrogens is 256 g/mol. The van der Waals surface area contributed by atoms with E-state index in [0.717, 1.165) is 25.7 Å². The standard InChI is InChI=1S/C15H28N2O3/c1-4-12(3)17(5-2)14(20)16-11-15(13(18)19)9-7-6-8-10-15/h12H,4-11H2,1-3H3,(H,16,20)(H,18,19). The summed E-state index contributed by atoms with van der Waals surface area (Å²) in [6.07, 6.45) is 5.19. The van der Waals surface area contributed by atoms with Gasteiger partial charge in [0.05, 0.1) is 5.41 Å². The molecule has 2 amide bonds. The predicted molar refractivity (Wildman–Crippen MR) is 78.7 cm³/mol. The van der Waals surface area contributed by atoms with E-state index in [1.54, 1.807) is 4.90 Å². The van der Waals surface area contributed by atoms with Gasteiger partial charge in [-0.15, -0.1) is 0 Å². The van der Waals surface area contributed by atoms with Crippen molar-refractivity contribution in [2.45, 2.75) is 65.3 Å². The Hall–Kier alpha value is -1.26. The Morgan fingerprint density at radius 1 is 1.25 bits per heavy atom. The summed E-state index contributed by atoms with van der Waals surface area (Å²) in [4.78, 5) is 25.5. The molecule has 0 aromatic heterocycles. The van der Waals surface area contributed by atoms with E-state index in [0.29, 0.717) is 19.4 Å². The maximum absolute atomic E-state index is 12.2. The summed E-state index contributed by atoms with van der Waals surface area (Å²) in [6, 6.07) is 0.0279. The molecule has 1 unspecified atom stereocenters. The van der Waals surface area contributed by atoms with Crippen LogP contribution in [0.15, 0.2) is 0 Å². The highest BCUT2D eigenvalue weighted by Gasteiger charge is 2.40. The van der Waals surface area contributed by atoms with Crippen molar-refractivity contribution in [2.24, 2.45) is 5.41 Å². The van der Waals surface area contributed by atoms with Gasteiger partial charge in [-0.2, -0.15) is 0 Å². The quantitative estimate of drug-likeness (QED) is 0.788. The Labute approximate surface area is 121 Å². The fraction of sp³-hybridized carbons (Fsp3) is 0.867. The lowest BCUT2D eigenvalue weighted by molar-refractivity contribution is -0.150. The molecule has 0 aromatic rings. The summed E-state index contributed by atoms with van der Waals surface area (Å²) in [7, 11) is 0. The maximum atomic E-state index is 12.2. The minimum absolute atomic E-state index is 0.145. The lowest BCUT2D eigenvalue weighted by atomic mass is 9.74. The van der Waals surface area contributed by atoms with Crippen LogP contribution in [0.5, 0.6) is 0 Å². The molecule has 0 aromatic carbocycles. The van der Waals surface area contributed by atoms with E-state index in [1.165, 1.54) is 0 Å². The molecule has 1 aliphatic carbocycles. The van der Waals surface area contributed by atoms with Crippen LogP contribution in [0.1, 0.15) is 59.3 Å². The molecule has 0 aliphatic heterocycles. The smallest absolute Gasteiger partial charge is 0.317 e. The van der Waals surface area contributed by atoms with Gasteiger partial charge < -0.3 is 15.3 Å². The Kier molecular flexibility index (Phi) is 6.30. The van der Waals surface area contributed by atoms with E-state index >= 15 is 0 Å². The van der Waals surface area contributed by atoms with Crippen LogP contribution in [0.4, 0.5) is 4.79 Å². The summed E-state index contributed by atoms with van der Waals surface area (Å²) in [5, 5.41) is 12.3. The number of carboxylic acids is 1. The highest BCUT2D eigenvalue weighted by Crippen LogP contribution is 2.36. The van der Waals surface area contributed by atoms with Gasteiger partial charge in [-0.3, -0.25) is 4.79 Å². The number of carbonyl (C=O) groups excluding carboxylic acids is 1. The molecule has 1 fully saturated rings. The van der Waals surface area contributed by atoms with E-state index in [9.17, 15) is 14.7 Å². The third-order valence-electron chi connectivity index (χ3n) is 4.57. The second-order valence-corrected chi connectivity index (χ2v) is 5.85. The number of nitrogens with one attached hydrogen (secondary N) is 1. The number of hydrogen-bond acceptors (Lipinski definition) is 2. The van der Waals surface area contributed by atoms with Crippen molar-refractivity contribution in [3.63, 3.8) is 0 Å². The first-order valence-corrected chi connectivity index (χ1v) is 7.74. The van der Waals surface area contributed by atoms with E-state index in [1.807, 2.05) is 20.8 Å². The molecule has 116 valence electrons. The van der Waals surface area contributed by atoms with E-state index in [-0.39, 0.29) is 18.6 Å². The van der Waals surface area contributed by atoms with Crippen LogP contribution in [0.2, 0.25) is 0 Å². The predicted octanol–water partition coefficient (Wildman–Crippen LogP) is 2.85. The normalized spacial score (nSPS) is 19.1. The summed E-state index contributed by atoms with van der Waals surface area (Å²) in [5.74, 6) is -0.774. The molecule has 0 radical (unpaired) electrons. The van der Waals surface area contributed by atoms with E-state index in [4.69, 9.17) is 0 Å². The number of carbonyl (C=O) groups is 2. The average Bonchev–Trinajstić information content (AvgIpc) is 2.46. The number of amides is 2. The lowest BCUT2D eigenvalue weighted by Gasteiger charge is -2.35. The molecular formula is C15H28N2O3. The highest BCUT2D eigenvalue weighted by molar-refractivity contribution is 5.78. The van der Waals surface area contributed by atoms with Crippen LogP contribution in [-0.2, 0) is 4.79 Å². The summed E-state index contributed by atoms with van der Waals surface area (Å²) < 4.78 is 0. The number of urea groups is 1. The minimum Gasteiger partial charge on any atom is -0.481 e. The SMILES string of the molecule is CCC(C)N(CC)C(=O)NCC1(C(=O)O)CCCCC1. The van der Waals surface area contributed by atoms with Crippen molar-refractivity contribution >= 4 is 12.0 Å². The van der Waals surface area contributed by atoms with Crippen LogP contribution in [0.25, 0.3) is 0 Å². The minimum atomic E-state index is -0.774. The Morgan fingerprint density at radius 3 is 2.30 bits per heavy atom. The van der Waals surface area contributed by atoms with E-state index < -0.39 is 11.4 Å². The molecule has 2 N–H and O–H groups in total. The zero-order valence-corrected chi connectivity index (χ0v) is 12.9. The first-order chi connectivity index (χ1) is 9.46. The van der Waals surface area contributed by atoms with Crippen molar-refractivity contribution in [3.05, 3.63) is 0 Å². The van der Waals surface area contributed by atoms with Crippen molar-refractivity contribution in [1.82, 2.24) is 10.2 Å². The summed E-state index contributed by atoms with van der Waals surface area (Å²) >= 11 is 0. The second-order valence-electron chi connectivity index (χ2n) is 5.85. The van der Waals surface area contributed by atoms with Gasteiger partial charge in [-0.1, -0.05) is 26.2 Å². The molecule has 0 spiro atoms. The van der Waals surface area contributed by atoms with Gasteiger partial charge >= 0.3 is 12.0 Å². The molecule has 20 heavy (non-hydrogen) atoms. The molecule has 5 nitrogen and oxygen atoms in total. The van der Waals surface area contributed by atoms with Crippen LogP contribution in [0, 0.1) is 5.41 Å². The van der Waals surface area contributed by atoms with Crippen molar-refractivity contribution in [2.75, 3.05) is 13.1 Å².